The zero-order valence-corrected chi connectivity index (χ0v) is 20.4. The average Bonchev–Trinajstić information content (AvgIpc) is 3.15. The van der Waals surface area contributed by atoms with Crippen molar-refractivity contribution >= 4 is 28.4 Å². The Balaban J connectivity index is 1.87. The molecule has 0 fully saturated rings. The van der Waals surface area contributed by atoms with Crippen molar-refractivity contribution in [2.45, 2.75) is 47.2 Å². The second kappa shape index (κ2) is 9.69. The van der Waals surface area contributed by atoms with Crippen molar-refractivity contribution in [1.29, 1.82) is 0 Å². The Morgan fingerprint density at radius 2 is 1.71 bits per heavy atom. The number of nitrogens with one attached hydrogen (secondary N) is 1. The molecular weight excluding hydrogens is 446 g/mol. The molecule has 0 saturated heterocycles. The number of benzene rings is 2. The summed E-state index contributed by atoms with van der Waals surface area (Å²) in [6.07, 6.45) is 0.653. The summed E-state index contributed by atoms with van der Waals surface area (Å²) in [5, 5.41) is 7.52. The highest BCUT2D eigenvalue weighted by Gasteiger charge is 2.20. The fourth-order valence-corrected chi connectivity index (χ4v) is 3.95. The Morgan fingerprint density at radius 1 is 1.03 bits per heavy atom. The summed E-state index contributed by atoms with van der Waals surface area (Å²) >= 11 is 0. The molecule has 9 heteroatoms. The molecule has 2 heterocycles. The van der Waals surface area contributed by atoms with Gasteiger partial charge in [-0.3, -0.25) is 19.0 Å². The summed E-state index contributed by atoms with van der Waals surface area (Å²) in [5.41, 5.74) is 1.27. The highest BCUT2D eigenvalue weighted by atomic mass is 16.2. The predicted octanol–water partition coefficient (Wildman–Crippen LogP) is 2.80. The maximum Gasteiger partial charge on any atom is 0.352 e. The molecule has 0 aliphatic rings. The van der Waals surface area contributed by atoms with Gasteiger partial charge in [0.2, 0.25) is 5.78 Å². The van der Waals surface area contributed by atoms with Gasteiger partial charge >= 0.3 is 5.69 Å². The van der Waals surface area contributed by atoms with E-state index in [0.29, 0.717) is 36.0 Å². The second-order valence-electron chi connectivity index (χ2n) is 9.16. The lowest BCUT2D eigenvalue weighted by atomic mass is 10.1. The van der Waals surface area contributed by atoms with Gasteiger partial charge in [-0.2, -0.15) is 0 Å². The van der Waals surface area contributed by atoms with Crippen LogP contribution in [0.3, 0.4) is 0 Å². The van der Waals surface area contributed by atoms with Gasteiger partial charge in [0.25, 0.3) is 11.5 Å². The number of carbonyl (C=O) groups excluding carboxylic acids is 2. The molecule has 1 amide bonds. The average molecular weight is 476 g/mol. The van der Waals surface area contributed by atoms with E-state index in [2.05, 4.69) is 10.4 Å². The molecule has 0 bridgehead atoms. The first kappa shape index (κ1) is 24.1. The summed E-state index contributed by atoms with van der Waals surface area (Å²) in [5.74, 6) is -0.135. The van der Waals surface area contributed by atoms with E-state index in [4.69, 9.17) is 0 Å². The molecule has 0 aliphatic heterocycles. The molecule has 0 aliphatic carbocycles. The van der Waals surface area contributed by atoms with Crippen LogP contribution in [0, 0.1) is 12.8 Å². The predicted molar refractivity (Wildman–Crippen MR) is 134 cm³/mol. The van der Waals surface area contributed by atoms with Crippen molar-refractivity contribution < 1.29 is 9.59 Å². The van der Waals surface area contributed by atoms with E-state index in [-0.39, 0.29) is 41.0 Å². The molecule has 2 aromatic heterocycles. The number of hydrogen-bond donors (Lipinski definition) is 1. The number of nitrogens with zero attached hydrogens (tertiary/aromatic N) is 4. The largest absolute Gasteiger partial charge is 0.352 e. The molecule has 0 saturated carbocycles. The highest BCUT2D eigenvalue weighted by Crippen LogP contribution is 2.15. The van der Waals surface area contributed by atoms with Crippen LogP contribution in [0.2, 0.25) is 0 Å². The number of rotatable bonds is 8. The van der Waals surface area contributed by atoms with Crippen molar-refractivity contribution in [3.8, 4) is 0 Å². The fourth-order valence-electron chi connectivity index (χ4n) is 3.95. The van der Waals surface area contributed by atoms with Crippen LogP contribution in [0.25, 0.3) is 16.7 Å². The summed E-state index contributed by atoms with van der Waals surface area (Å²) in [7, 11) is 0. The molecule has 0 radical (unpaired) electrons. The summed E-state index contributed by atoms with van der Waals surface area (Å²) in [6.45, 7) is 8.43. The Bertz CT molecular complexity index is 1540. The zero-order valence-electron chi connectivity index (χ0n) is 20.4. The Morgan fingerprint density at radius 3 is 2.37 bits per heavy atom. The third-order valence-corrected chi connectivity index (χ3v) is 5.83. The number of Topliss-reactive ketones (excluding diaryl/α,β-unsaturated/α-hetero) is 1. The van der Waals surface area contributed by atoms with Gasteiger partial charge in [0.1, 0.15) is 6.54 Å². The lowest BCUT2D eigenvalue weighted by Gasteiger charge is -2.11. The van der Waals surface area contributed by atoms with Gasteiger partial charge in [0.05, 0.1) is 10.9 Å². The first-order chi connectivity index (χ1) is 16.7. The molecule has 182 valence electrons. The lowest BCUT2D eigenvalue weighted by Crippen LogP contribution is -2.29. The van der Waals surface area contributed by atoms with Crippen molar-refractivity contribution in [3.05, 3.63) is 80.0 Å². The number of ketones is 1. The minimum absolute atomic E-state index is 0.144. The van der Waals surface area contributed by atoms with E-state index in [1.165, 1.54) is 15.0 Å². The van der Waals surface area contributed by atoms with Gasteiger partial charge < -0.3 is 5.32 Å². The normalized spacial score (nSPS) is 11.5. The van der Waals surface area contributed by atoms with E-state index in [1.807, 2.05) is 39.8 Å². The molecule has 0 atom stereocenters. The Kier molecular flexibility index (Phi) is 6.68. The molecule has 2 aromatic carbocycles. The van der Waals surface area contributed by atoms with E-state index in [9.17, 15) is 19.2 Å². The number of amides is 1. The van der Waals surface area contributed by atoms with Crippen molar-refractivity contribution in [2.24, 2.45) is 5.92 Å². The number of aryl methyl sites for hydroxylation is 2. The first-order valence-electron chi connectivity index (χ1n) is 11.8. The van der Waals surface area contributed by atoms with E-state index >= 15 is 0 Å². The summed E-state index contributed by atoms with van der Waals surface area (Å²) < 4.78 is 3.83. The van der Waals surface area contributed by atoms with Gasteiger partial charge in [-0.25, -0.2) is 13.9 Å². The standard InChI is InChI=1S/C26H29N5O4/c1-5-12-29-24(34)20-11-10-19(23(33)27-14-16(2)3)13-21(20)31-25(29)28-30(26(31)35)15-22(32)18-8-6-17(4)7-9-18/h6-11,13,16H,5,12,14-15H2,1-4H3,(H,27,33). The van der Waals surface area contributed by atoms with Crippen LogP contribution in [0.1, 0.15) is 53.5 Å². The van der Waals surface area contributed by atoms with Gasteiger partial charge in [0, 0.05) is 24.2 Å². The van der Waals surface area contributed by atoms with Crippen molar-refractivity contribution in [1.82, 2.24) is 24.1 Å². The van der Waals surface area contributed by atoms with Crippen molar-refractivity contribution in [2.75, 3.05) is 6.54 Å². The minimum Gasteiger partial charge on any atom is -0.352 e. The van der Waals surface area contributed by atoms with Crippen LogP contribution in [-0.4, -0.2) is 37.0 Å². The molecule has 35 heavy (non-hydrogen) atoms. The third-order valence-electron chi connectivity index (χ3n) is 5.83. The molecular formula is C26H29N5O4. The molecule has 9 nitrogen and oxygen atoms in total. The number of fused-ring (bicyclic) bond motifs is 3. The maximum atomic E-state index is 13.4. The van der Waals surface area contributed by atoms with E-state index in [0.717, 1.165) is 10.2 Å². The van der Waals surface area contributed by atoms with Gasteiger partial charge in [-0.1, -0.05) is 50.6 Å². The van der Waals surface area contributed by atoms with Crippen molar-refractivity contribution in [3.63, 3.8) is 0 Å². The third kappa shape index (κ3) is 4.66. The fraction of sp³-hybridized carbons (Fsp3) is 0.346. The number of carbonyl (C=O) groups is 2. The molecule has 4 aromatic rings. The SMILES string of the molecule is CCCn1c(=O)c2ccc(C(=O)NCC(C)C)cc2n2c(=O)n(CC(=O)c3ccc(C)cc3)nc12. The first-order valence-corrected chi connectivity index (χ1v) is 11.8. The number of hydrogen-bond acceptors (Lipinski definition) is 5. The van der Waals surface area contributed by atoms with Gasteiger partial charge in [0.15, 0.2) is 5.78 Å². The van der Waals surface area contributed by atoms with Gasteiger partial charge in [-0.05, 0) is 37.5 Å². The molecule has 0 unspecified atom stereocenters. The summed E-state index contributed by atoms with van der Waals surface area (Å²) in [6, 6.07) is 11.8. The Hall–Kier alpha value is -4.01. The minimum atomic E-state index is -0.546. The van der Waals surface area contributed by atoms with Crippen LogP contribution in [0.4, 0.5) is 0 Å². The van der Waals surface area contributed by atoms with E-state index < -0.39 is 5.69 Å². The van der Waals surface area contributed by atoms with Crippen LogP contribution in [0.5, 0.6) is 0 Å². The Labute approximate surface area is 202 Å². The monoisotopic (exact) mass is 475 g/mol. The second-order valence-corrected chi connectivity index (χ2v) is 9.16. The van der Waals surface area contributed by atoms with Crippen LogP contribution < -0.4 is 16.6 Å². The number of aromatic nitrogens is 4. The van der Waals surface area contributed by atoms with Crippen LogP contribution in [0.15, 0.2) is 52.1 Å². The van der Waals surface area contributed by atoms with Gasteiger partial charge in [-0.15, -0.1) is 5.10 Å². The zero-order chi connectivity index (χ0) is 25.3. The topological polar surface area (TPSA) is 107 Å². The molecule has 1 N–H and O–H groups in total. The maximum absolute atomic E-state index is 13.4. The van der Waals surface area contributed by atoms with E-state index in [1.54, 1.807) is 24.3 Å². The smallest absolute Gasteiger partial charge is 0.352 e. The quantitative estimate of drug-likeness (QED) is 0.394. The molecule has 0 spiro atoms. The van der Waals surface area contributed by atoms with Crippen LogP contribution >= 0.6 is 0 Å². The highest BCUT2D eigenvalue weighted by molar-refractivity contribution is 5.98. The van der Waals surface area contributed by atoms with Crippen LogP contribution in [-0.2, 0) is 13.1 Å². The lowest BCUT2D eigenvalue weighted by molar-refractivity contribution is 0.0946. The molecule has 4 rings (SSSR count). The summed E-state index contributed by atoms with van der Waals surface area (Å²) in [4.78, 5) is 52.2.